The number of imidazole rings is 1. The molecule has 3 N–H and O–H groups in total. The van der Waals surface area contributed by atoms with E-state index >= 15 is 0 Å². The Morgan fingerprint density at radius 2 is 1.95 bits per heavy atom. The second kappa shape index (κ2) is 14.4. The van der Waals surface area contributed by atoms with Crippen LogP contribution in [0.3, 0.4) is 0 Å². The molecule has 0 bridgehead atoms. The third-order valence-corrected chi connectivity index (χ3v) is 7.85. The van der Waals surface area contributed by atoms with E-state index < -0.39 is 0 Å². The predicted octanol–water partition coefficient (Wildman–Crippen LogP) is 2.24. The summed E-state index contributed by atoms with van der Waals surface area (Å²) in [6, 6.07) is 8.22. The van der Waals surface area contributed by atoms with E-state index in [9.17, 15) is 9.59 Å². The fraction of sp³-hybridized carbons (Fsp3) is 0.586. The van der Waals surface area contributed by atoms with Gasteiger partial charge in [-0.2, -0.15) is 9.97 Å². The van der Waals surface area contributed by atoms with Gasteiger partial charge in [-0.15, -0.1) is 0 Å². The van der Waals surface area contributed by atoms with Crippen molar-refractivity contribution in [3.63, 3.8) is 0 Å². The fourth-order valence-electron chi connectivity index (χ4n) is 5.56. The van der Waals surface area contributed by atoms with Gasteiger partial charge in [0.2, 0.25) is 0 Å². The highest BCUT2D eigenvalue weighted by Gasteiger charge is 2.28. The van der Waals surface area contributed by atoms with Gasteiger partial charge in [-0.25, -0.2) is 4.79 Å². The molecule has 3 aromatic rings. The number of aromatic nitrogens is 4. The number of nitrogens with two attached hydrogens (primary N) is 1. The number of nitrogens with zero attached hydrogens (tertiary/aromatic N) is 5. The molecular weight excluding hydrogens is 526 g/mol. The lowest BCUT2D eigenvalue weighted by Crippen LogP contribution is -2.38. The summed E-state index contributed by atoms with van der Waals surface area (Å²) < 4.78 is 17.1. The summed E-state index contributed by atoms with van der Waals surface area (Å²) in [5, 5.41) is 0. The van der Waals surface area contributed by atoms with Gasteiger partial charge in [0, 0.05) is 19.7 Å². The lowest BCUT2D eigenvalue weighted by atomic mass is 9.90. The number of H-pyrrole nitrogens is 1. The first-order valence-electron chi connectivity index (χ1n) is 14.2. The van der Waals surface area contributed by atoms with E-state index in [-0.39, 0.29) is 29.5 Å². The molecule has 224 valence electrons. The molecule has 0 radical (unpaired) electrons. The van der Waals surface area contributed by atoms with Crippen molar-refractivity contribution in [1.82, 2.24) is 29.3 Å². The Morgan fingerprint density at radius 3 is 2.68 bits per heavy atom. The van der Waals surface area contributed by atoms with E-state index in [4.69, 9.17) is 19.9 Å². The van der Waals surface area contributed by atoms with Crippen molar-refractivity contribution in [2.45, 2.75) is 45.2 Å². The van der Waals surface area contributed by atoms with E-state index in [1.54, 1.807) is 11.7 Å². The summed E-state index contributed by atoms with van der Waals surface area (Å²) in [4.78, 5) is 40.8. The summed E-state index contributed by atoms with van der Waals surface area (Å²) in [5.41, 5.74) is 8.96. The molecule has 12 nitrogen and oxygen atoms in total. The average Bonchev–Trinajstić information content (AvgIpc) is 3.29. The molecule has 1 aliphatic rings. The molecule has 1 aromatic carbocycles. The number of likely N-dealkylation sites (tertiary alicyclic amines) is 1. The number of esters is 1. The first-order valence-corrected chi connectivity index (χ1v) is 14.2. The molecule has 1 aliphatic heterocycles. The number of rotatable bonds is 14. The lowest BCUT2D eigenvalue weighted by Gasteiger charge is -2.35. The number of piperidine rings is 1. The summed E-state index contributed by atoms with van der Waals surface area (Å²) in [5.74, 6) is 0.314. The first kappa shape index (κ1) is 30.5. The molecule has 0 saturated carbocycles. The number of carbonyl (C=O) groups is 1. The molecule has 4 rings (SSSR count). The van der Waals surface area contributed by atoms with Crippen LogP contribution in [0.2, 0.25) is 0 Å². The molecular formula is C29H43N7O5. The number of hydrogen-bond donors (Lipinski definition) is 2. The minimum Gasteiger partial charge on any atom is -0.469 e. The number of nitrogen functional groups attached to an aromatic ring is 1. The summed E-state index contributed by atoms with van der Waals surface area (Å²) in [7, 11) is 5.14. The highest BCUT2D eigenvalue weighted by molar-refractivity contribution is 5.82. The van der Waals surface area contributed by atoms with Crippen molar-refractivity contribution < 1.29 is 19.0 Å². The van der Waals surface area contributed by atoms with Gasteiger partial charge in [0.15, 0.2) is 11.5 Å². The van der Waals surface area contributed by atoms with Crippen molar-refractivity contribution >= 4 is 23.0 Å². The van der Waals surface area contributed by atoms with Gasteiger partial charge in [-0.1, -0.05) is 24.3 Å². The number of hydrogen-bond acceptors (Lipinski definition) is 10. The largest absolute Gasteiger partial charge is 0.469 e. The van der Waals surface area contributed by atoms with Crippen LogP contribution in [0.4, 0.5) is 5.82 Å². The smallest absolute Gasteiger partial charge is 0.328 e. The molecule has 41 heavy (non-hydrogen) atoms. The molecule has 1 atom stereocenters. The summed E-state index contributed by atoms with van der Waals surface area (Å²) >= 11 is 0. The minimum absolute atomic E-state index is 0.0411. The summed E-state index contributed by atoms with van der Waals surface area (Å²) in [6.07, 6.45) is 3.37. The van der Waals surface area contributed by atoms with Gasteiger partial charge in [0.25, 0.3) is 0 Å². The van der Waals surface area contributed by atoms with Crippen molar-refractivity contribution in [2.75, 3.05) is 66.4 Å². The zero-order valence-corrected chi connectivity index (χ0v) is 24.6. The second-order valence-electron chi connectivity index (χ2n) is 10.8. The van der Waals surface area contributed by atoms with Gasteiger partial charge in [-0.3, -0.25) is 9.36 Å². The van der Waals surface area contributed by atoms with Crippen LogP contribution >= 0.6 is 0 Å². The Kier molecular flexibility index (Phi) is 10.7. The molecule has 1 fully saturated rings. The van der Waals surface area contributed by atoms with E-state index in [0.717, 1.165) is 57.5 Å². The normalized spacial score (nSPS) is 15.4. The number of anilines is 1. The third kappa shape index (κ3) is 8.05. The topological polar surface area (TPSA) is 141 Å². The number of nitrogens with one attached hydrogen (secondary N) is 1. The molecule has 0 amide bonds. The van der Waals surface area contributed by atoms with Crippen molar-refractivity contribution in [2.24, 2.45) is 5.92 Å². The fourth-order valence-corrected chi connectivity index (χ4v) is 5.56. The van der Waals surface area contributed by atoms with Gasteiger partial charge < -0.3 is 34.7 Å². The summed E-state index contributed by atoms with van der Waals surface area (Å²) in [6.45, 7) is 7.62. The van der Waals surface area contributed by atoms with Crippen LogP contribution in [0.15, 0.2) is 29.1 Å². The Labute approximate surface area is 240 Å². The molecule has 1 unspecified atom stereocenters. The van der Waals surface area contributed by atoms with Crippen LogP contribution in [-0.2, 0) is 27.2 Å². The Bertz CT molecular complexity index is 1350. The second-order valence-corrected chi connectivity index (χ2v) is 10.8. The Hall–Kier alpha value is -3.48. The molecule has 2 aromatic heterocycles. The van der Waals surface area contributed by atoms with Crippen LogP contribution in [0.5, 0.6) is 6.01 Å². The van der Waals surface area contributed by atoms with Crippen LogP contribution < -0.4 is 16.2 Å². The third-order valence-electron chi connectivity index (χ3n) is 7.85. The highest BCUT2D eigenvalue weighted by atomic mass is 16.5. The van der Waals surface area contributed by atoms with Crippen LogP contribution in [0.25, 0.3) is 11.2 Å². The Balaban J connectivity index is 1.26. The first-order chi connectivity index (χ1) is 19.8. The van der Waals surface area contributed by atoms with Crippen molar-refractivity contribution in [3.8, 4) is 6.01 Å². The SMILES string of the molecule is COCCOc1nc(N)c2[nH]c(=O)n(C(C)C3CCN(CCCN(C)Cc4cccc(CC(=O)OC)c4)CC3)c2n1. The maximum atomic E-state index is 12.9. The predicted molar refractivity (Wildman–Crippen MR) is 157 cm³/mol. The average molecular weight is 570 g/mol. The molecule has 0 spiro atoms. The number of aromatic amines is 1. The quantitative estimate of drug-likeness (QED) is 0.219. The molecule has 1 saturated heterocycles. The Morgan fingerprint density at radius 1 is 1.20 bits per heavy atom. The number of fused-ring (bicyclic) bond motifs is 1. The van der Waals surface area contributed by atoms with E-state index in [1.807, 2.05) is 12.1 Å². The van der Waals surface area contributed by atoms with E-state index in [2.05, 4.69) is 50.9 Å². The van der Waals surface area contributed by atoms with Crippen LogP contribution in [0.1, 0.15) is 43.4 Å². The van der Waals surface area contributed by atoms with Gasteiger partial charge in [0.1, 0.15) is 12.1 Å². The van der Waals surface area contributed by atoms with E-state index in [1.165, 1.54) is 12.7 Å². The minimum atomic E-state index is -0.233. The number of carbonyl (C=O) groups excluding carboxylic acids is 1. The van der Waals surface area contributed by atoms with Crippen LogP contribution in [-0.4, -0.2) is 95.9 Å². The zero-order valence-electron chi connectivity index (χ0n) is 24.6. The monoisotopic (exact) mass is 569 g/mol. The van der Waals surface area contributed by atoms with Crippen molar-refractivity contribution in [3.05, 3.63) is 45.9 Å². The molecule has 3 heterocycles. The maximum Gasteiger partial charge on any atom is 0.328 e. The number of benzene rings is 1. The van der Waals surface area contributed by atoms with Gasteiger partial charge in [0.05, 0.1) is 20.1 Å². The van der Waals surface area contributed by atoms with E-state index in [0.29, 0.717) is 36.7 Å². The van der Waals surface area contributed by atoms with Gasteiger partial charge in [-0.05, 0) is 76.5 Å². The number of ether oxygens (including phenoxy) is 3. The van der Waals surface area contributed by atoms with Gasteiger partial charge >= 0.3 is 17.7 Å². The van der Waals surface area contributed by atoms with Crippen molar-refractivity contribution in [1.29, 1.82) is 0 Å². The highest BCUT2D eigenvalue weighted by Crippen LogP contribution is 2.30. The standard InChI is InChI=1S/C29H43N7O5/c1-20(36-27-25(31-29(36)38)26(30)32-28(33-27)41-16-15-39-3)23-9-13-35(14-10-23)12-6-11-34(2)19-22-8-5-7-21(17-22)18-24(37)40-4/h5,7-8,17,20,23H,6,9-16,18-19H2,1-4H3,(H,31,38)(H2,30,32,33). The lowest BCUT2D eigenvalue weighted by molar-refractivity contribution is -0.139. The molecule has 12 heteroatoms. The zero-order chi connectivity index (χ0) is 29.4. The number of methoxy groups -OCH3 is 2. The maximum absolute atomic E-state index is 12.9. The molecule has 0 aliphatic carbocycles. The van der Waals surface area contributed by atoms with Crippen LogP contribution in [0, 0.1) is 5.92 Å².